The molecule has 0 heterocycles. The summed E-state index contributed by atoms with van der Waals surface area (Å²) in [5, 5.41) is 18.5. The molecule has 2 rings (SSSR count). The molecule has 0 unspecified atom stereocenters. The molecule has 0 saturated heterocycles. The minimum Gasteiger partial charge on any atom is -0.497 e. The zero-order valence-electron chi connectivity index (χ0n) is 13.8. The van der Waals surface area contributed by atoms with Gasteiger partial charge < -0.3 is 24.3 Å². The predicted octanol–water partition coefficient (Wildman–Crippen LogP) is 1.58. The highest BCUT2D eigenvalue weighted by Crippen LogP contribution is 2.26. The fraction of sp³-hybridized carbons (Fsp3) is 0.294. The van der Waals surface area contributed by atoms with Crippen LogP contribution in [0.25, 0.3) is 0 Å². The van der Waals surface area contributed by atoms with Crippen LogP contribution >= 0.6 is 0 Å². The number of aryl methyl sites for hydroxylation is 2. The van der Waals surface area contributed by atoms with Crippen LogP contribution in [0.15, 0.2) is 30.3 Å². The maximum Gasteiger partial charge on any atom is 0.488 e. The van der Waals surface area contributed by atoms with Gasteiger partial charge in [0.05, 0.1) is 14.2 Å². The summed E-state index contributed by atoms with van der Waals surface area (Å²) in [5.41, 5.74) is 3.08. The molecule has 0 radical (unpaired) electrons. The van der Waals surface area contributed by atoms with Gasteiger partial charge in [-0.05, 0) is 48.1 Å². The van der Waals surface area contributed by atoms with E-state index in [-0.39, 0.29) is 0 Å². The quantitative estimate of drug-likeness (QED) is 0.792. The Morgan fingerprint density at radius 3 is 1.83 bits per heavy atom. The van der Waals surface area contributed by atoms with Crippen LogP contribution in [0.2, 0.25) is 0 Å². The van der Waals surface area contributed by atoms with Crippen molar-refractivity contribution in [2.45, 2.75) is 20.5 Å². The fourth-order valence-electron chi connectivity index (χ4n) is 2.47. The van der Waals surface area contributed by atoms with E-state index in [0.717, 1.165) is 22.4 Å². The minimum atomic E-state index is -1.48. The van der Waals surface area contributed by atoms with Crippen molar-refractivity contribution in [3.05, 3.63) is 47.0 Å². The number of methoxy groups -OCH3 is 2. The van der Waals surface area contributed by atoms with Crippen molar-refractivity contribution in [3.63, 3.8) is 0 Å². The molecule has 0 atom stereocenters. The lowest BCUT2D eigenvalue weighted by Gasteiger charge is -2.15. The Morgan fingerprint density at radius 1 is 0.870 bits per heavy atom. The summed E-state index contributed by atoms with van der Waals surface area (Å²) < 4.78 is 16.4. The first-order valence-corrected chi connectivity index (χ1v) is 7.26. The molecular formula is C17H21BO5. The first-order chi connectivity index (χ1) is 10.9. The second-order valence-corrected chi connectivity index (χ2v) is 5.37. The van der Waals surface area contributed by atoms with Gasteiger partial charge in [-0.3, -0.25) is 0 Å². The smallest absolute Gasteiger partial charge is 0.488 e. The summed E-state index contributed by atoms with van der Waals surface area (Å²) >= 11 is 0. The van der Waals surface area contributed by atoms with Crippen LogP contribution in [-0.4, -0.2) is 31.4 Å². The van der Waals surface area contributed by atoms with Crippen LogP contribution in [0.3, 0.4) is 0 Å². The Hall–Kier alpha value is -2.18. The molecule has 2 aromatic carbocycles. The molecular weight excluding hydrogens is 295 g/mol. The molecule has 122 valence electrons. The van der Waals surface area contributed by atoms with Crippen molar-refractivity contribution < 1.29 is 24.3 Å². The first kappa shape index (κ1) is 17.2. The highest BCUT2D eigenvalue weighted by molar-refractivity contribution is 6.58. The first-order valence-electron chi connectivity index (χ1n) is 7.26. The van der Waals surface area contributed by atoms with Gasteiger partial charge in [0.25, 0.3) is 0 Å². The monoisotopic (exact) mass is 316 g/mol. The van der Waals surface area contributed by atoms with Gasteiger partial charge in [0.15, 0.2) is 0 Å². The minimum absolute atomic E-state index is 0.357. The molecule has 2 N–H and O–H groups in total. The number of benzene rings is 2. The van der Waals surface area contributed by atoms with E-state index in [1.54, 1.807) is 32.4 Å². The molecule has 6 heteroatoms. The summed E-state index contributed by atoms with van der Waals surface area (Å²) in [6, 6.07) is 8.99. The average molecular weight is 316 g/mol. The third-order valence-electron chi connectivity index (χ3n) is 3.58. The van der Waals surface area contributed by atoms with Crippen molar-refractivity contribution in [3.8, 4) is 17.2 Å². The SMILES string of the molecule is COc1cc(COc2c(C)cc(B(O)O)cc2C)cc(OC)c1. The molecule has 0 aliphatic carbocycles. The maximum absolute atomic E-state index is 9.27. The van der Waals surface area contributed by atoms with Crippen molar-refractivity contribution in [2.24, 2.45) is 0 Å². The van der Waals surface area contributed by atoms with Crippen LogP contribution in [-0.2, 0) is 6.61 Å². The summed E-state index contributed by atoms with van der Waals surface area (Å²) in [4.78, 5) is 0. The molecule has 5 nitrogen and oxygen atoms in total. The Balaban J connectivity index is 2.21. The van der Waals surface area contributed by atoms with Crippen molar-refractivity contribution in [1.29, 1.82) is 0 Å². The summed E-state index contributed by atoms with van der Waals surface area (Å²) in [7, 11) is 1.73. The molecule has 0 aliphatic rings. The average Bonchev–Trinajstić information content (AvgIpc) is 2.53. The second kappa shape index (κ2) is 7.39. The molecule has 0 spiro atoms. The van der Waals surface area contributed by atoms with Gasteiger partial charge in [-0.25, -0.2) is 0 Å². The summed E-state index contributed by atoms with van der Waals surface area (Å²) in [6.45, 7) is 4.11. The highest BCUT2D eigenvalue weighted by Gasteiger charge is 2.15. The van der Waals surface area contributed by atoms with E-state index in [1.807, 2.05) is 26.0 Å². The van der Waals surface area contributed by atoms with Gasteiger partial charge in [-0.15, -0.1) is 0 Å². The van der Waals surface area contributed by atoms with E-state index in [2.05, 4.69) is 0 Å². The van der Waals surface area contributed by atoms with Gasteiger partial charge in [0.1, 0.15) is 23.9 Å². The molecule has 0 amide bonds. The maximum atomic E-state index is 9.27. The summed E-state index contributed by atoms with van der Waals surface area (Å²) in [5.74, 6) is 2.14. The molecule has 23 heavy (non-hydrogen) atoms. The molecule has 0 aromatic heterocycles. The number of ether oxygens (including phenoxy) is 3. The van der Waals surface area contributed by atoms with Gasteiger partial charge in [-0.1, -0.05) is 12.1 Å². The summed E-state index contributed by atoms with van der Waals surface area (Å²) in [6.07, 6.45) is 0. The number of hydrogen-bond acceptors (Lipinski definition) is 5. The largest absolute Gasteiger partial charge is 0.497 e. The lowest BCUT2D eigenvalue weighted by molar-refractivity contribution is 0.300. The molecule has 0 bridgehead atoms. The Labute approximate surface area is 136 Å². The Kier molecular flexibility index (Phi) is 5.52. The van der Waals surface area contributed by atoms with Crippen LogP contribution in [0.5, 0.6) is 17.2 Å². The van der Waals surface area contributed by atoms with Crippen LogP contribution in [0.4, 0.5) is 0 Å². The van der Waals surface area contributed by atoms with Crippen LogP contribution < -0.4 is 19.7 Å². The van der Waals surface area contributed by atoms with Crippen molar-refractivity contribution in [2.75, 3.05) is 14.2 Å². The normalized spacial score (nSPS) is 10.3. The molecule has 0 fully saturated rings. The predicted molar refractivity (Wildman–Crippen MR) is 89.6 cm³/mol. The number of rotatable bonds is 6. The van der Waals surface area contributed by atoms with E-state index in [9.17, 15) is 10.0 Å². The molecule has 0 saturated carbocycles. The van der Waals surface area contributed by atoms with Gasteiger partial charge in [0, 0.05) is 6.07 Å². The van der Waals surface area contributed by atoms with E-state index in [4.69, 9.17) is 14.2 Å². The Bertz CT molecular complexity index is 639. The van der Waals surface area contributed by atoms with Gasteiger partial charge in [-0.2, -0.15) is 0 Å². The van der Waals surface area contributed by atoms with Crippen LogP contribution in [0.1, 0.15) is 16.7 Å². The van der Waals surface area contributed by atoms with Crippen LogP contribution in [0, 0.1) is 13.8 Å². The van der Waals surface area contributed by atoms with E-state index in [0.29, 0.717) is 23.6 Å². The highest BCUT2D eigenvalue weighted by atomic mass is 16.5. The van der Waals surface area contributed by atoms with E-state index in [1.165, 1.54) is 0 Å². The van der Waals surface area contributed by atoms with Crippen molar-refractivity contribution in [1.82, 2.24) is 0 Å². The standard InChI is InChI=1S/C17H21BO5/c1-11-5-14(18(19)20)6-12(2)17(11)23-10-13-7-15(21-3)9-16(8-13)22-4/h5-9,19-20H,10H2,1-4H3. The molecule has 0 aliphatic heterocycles. The molecule has 2 aromatic rings. The van der Waals surface area contributed by atoms with E-state index >= 15 is 0 Å². The zero-order valence-corrected chi connectivity index (χ0v) is 13.8. The van der Waals surface area contributed by atoms with Gasteiger partial charge >= 0.3 is 7.12 Å². The van der Waals surface area contributed by atoms with Crippen molar-refractivity contribution >= 4 is 12.6 Å². The topological polar surface area (TPSA) is 68.2 Å². The van der Waals surface area contributed by atoms with Gasteiger partial charge in [0.2, 0.25) is 0 Å². The van der Waals surface area contributed by atoms with E-state index < -0.39 is 7.12 Å². The Morgan fingerprint density at radius 2 is 1.39 bits per heavy atom. The second-order valence-electron chi connectivity index (χ2n) is 5.37. The fourth-order valence-corrected chi connectivity index (χ4v) is 2.47. The lowest BCUT2D eigenvalue weighted by Crippen LogP contribution is -2.30. The number of hydrogen-bond donors (Lipinski definition) is 2. The zero-order chi connectivity index (χ0) is 17.0. The lowest BCUT2D eigenvalue weighted by atomic mass is 9.78. The third-order valence-corrected chi connectivity index (χ3v) is 3.58. The third kappa shape index (κ3) is 4.18.